The van der Waals surface area contributed by atoms with E-state index in [2.05, 4.69) is 12.6 Å². The third-order valence-electron chi connectivity index (χ3n) is 0. The molecule has 0 spiro atoms. The first-order valence-electron chi connectivity index (χ1n) is 0.791. The van der Waals surface area contributed by atoms with E-state index in [4.69, 9.17) is 0 Å². The average molecular weight is 122 g/mol. The van der Waals surface area contributed by atoms with E-state index in [0.29, 0.717) is 0 Å². The Balaban J connectivity index is 0. The van der Waals surface area contributed by atoms with Crippen molar-refractivity contribution in [3.8, 4) is 0 Å². The van der Waals surface area contributed by atoms with Gasteiger partial charge < -0.3 is 0 Å². The molecule has 0 radical (unpaired) electrons. The Hall–Kier alpha value is 0.0700. The van der Waals surface area contributed by atoms with Crippen LogP contribution in [0.15, 0.2) is 0 Å². The zero-order valence-corrected chi connectivity index (χ0v) is 3.38. The first-order valence-corrected chi connectivity index (χ1v) is 1.24. The number of alkyl halides is 3. The molecule has 0 aliphatic rings. The van der Waals surface area contributed by atoms with Crippen molar-refractivity contribution in [2.75, 3.05) is 0 Å². The molecular weight excluding hydrogens is 120 g/mol. The summed E-state index contributed by atoms with van der Waals surface area (Å²) in [6, 6.07) is 0. The third kappa shape index (κ3) is 7830. The molecule has 0 aromatic heterocycles. The third-order valence-corrected chi connectivity index (χ3v) is 0. The highest BCUT2D eigenvalue weighted by Gasteiger charge is 2.17. The van der Waals surface area contributed by atoms with Crippen LogP contribution in [0.3, 0.4) is 0 Å². The van der Waals surface area contributed by atoms with Crippen LogP contribution in [-0.4, -0.2) is 5.51 Å². The molecule has 0 saturated carbocycles. The molecule has 40 valence electrons. The second-order valence-corrected chi connectivity index (χ2v) is 0.975. The van der Waals surface area contributed by atoms with E-state index in [1.807, 2.05) is 0 Å². The summed E-state index contributed by atoms with van der Waals surface area (Å²) in [5.74, 6) is 0. The zero-order chi connectivity index (χ0) is 4.50. The number of hydrogen-bond acceptors (Lipinski definition) is 1. The van der Waals surface area contributed by atoms with Gasteiger partial charge in [-0.25, -0.2) is 0 Å². The smallest absolute Gasteiger partial charge is 0.269 e. The van der Waals surface area contributed by atoms with E-state index in [-0.39, 0.29) is 4.70 Å². The van der Waals surface area contributed by atoms with Crippen LogP contribution in [-0.2, 0) is 0 Å². The molecule has 0 atom stereocenters. The minimum atomic E-state index is -4.31. The average Bonchev–Trinajstić information content (AvgIpc) is 0.722. The lowest BCUT2D eigenvalue weighted by atomic mass is 11.6. The minimum Gasteiger partial charge on any atom is -0.269 e. The number of halogens is 4. The second-order valence-electron chi connectivity index (χ2n) is 0.468. The maximum absolute atomic E-state index is 10.2. The van der Waals surface area contributed by atoms with Crippen LogP contribution in [0.25, 0.3) is 0 Å². The fraction of sp³-hybridized carbons (Fsp3) is 1.00. The van der Waals surface area contributed by atoms with Gasteiger partial charge in [0, 0.05) is 0 Å². The van der Waals surface area contributed by atoms with Gasteiger partial charge >= 0.3 is 5.51 Å². The van der Waals surface area contributed by atoms with Gasteiger partial charge in [0.25, 0.3) is 0 Å². The molecule has 0 aromatic carbocycles. The molecule has 0 bridgehead atoms. The molecule has 0 aliphatic carbocycles. The lowest BCUT2D eigenvalue weighted by Crippen LogP contribution is -1.89. The molecular formula is CH2F4S. The van der Waals surface area contributed by atoms with Gasteiger partial charge in [-0.15, -0.1) is 0 Å². The van der Waals surface area contributed by atoms with E-state index >= 15 is 0 Å². The summed E-state index contributed by atoms with van der Waals surface area (Å²) in [6.45, 7) is 0. The van der Waals surface area contributed by atoms with Gasteiger partial charge in [0.05, 0.1) is 0 Å². The van der Waals surface area contributed by atoms with Crippen molar-refractivity contribution in [1.82, 2.24) is 0 Å². The van der Waals surface area contributed by atoms with E-state index < -0.39 is 5.51 Å². The Labute approximate surface area is 37.1 Å². The van der Waals surface area contributed by atoms with Crippen molar-refractivity contribution in [3.05, 3.63) is 0 Å². The van der Waals surface area contributed by atoms with E-state index in [1.165, 1.54) is 0 Å². The topological polar surface area (TPSA) is 0 Å². The molecule has 0 fully saturated rings. The Morgan fingerprint density at radius 3 is 1.17 bits per heavy atom. The molecule has 0 N–H and O–H groups in total. The van der Waals surface area contributed by atoms with Gasteiger partial charge in [-0.1, -0.05) is 12.6 Å². The van der Waals surface area contributed by atoms with Crippen molar-refractivity contribution < 1.29 is 17.9 Å². The Morgan fingerprint density at radius 2 is 1.17 bits per heavy atom. The van der Waals surface area contributed by atoms with Crippen molar-refractivity contribution >= 4 is 12.6 Å². The highest BCUT2D eigenvalue weighted by atomic mass is 32.1. The molecule has 0 amide bonds. The molecule has 0 rings (SSSR count). The summed E-state index contributed by atoms with van der Waals surface area (Å²) in [7, 11) is 0. The summed E-state index contributed by atoms with van der Waals surface area (Å²) < 4.78 is 30.7. The van der Waals surface area contributed by atoms with Gasteiger partial charge in [0.1, 0.15) is 0 Å². The lowest BCUT2D eigenvalue weighted by Gasteiger charge is -1.87. The number of rotatable bonds is 0. The van der Waals surface area contributed by atoms with Crippen molar-refractivity contribution in [1.29, 1.82) is 0 Å². The quantitative estimate of drug-likeness (QED) is 0.366. The second kappa shape index (κ2) is 2.28. The molecule has 5 heteroatoms. The predicted molar refractivity (Wildman–Crippen MR) is 17.5 cm³/mol. The van der Waals surface area contributed by atoms with Crippen LogP contribution in [0.4, 0.5) is 17.9 Å². The molecule has 0 aromatic rings. The van der Waals surface area contributed by atoms with Crippen molar-refractivity contribution in [2.45, 2.75) is 5.51 Å². The number of hydrogen-bond donors (Lipinski definition) is 1. The van der Waals surface area contributed by atoms with Crippen LogP contribution in [0.5, 0.6) is 0 Å². The van der Waals surface area contributed by atoms with Gasteiger partial charge in [0.15, 0.2) is 0 Å². The summed E-state index contributed by atoms with van der Waals surface area (Å²) >= 11 is 2.12. The van der Waals surface area contributed by atoms with Crippen LogP contribution < -0.4 is 0 Å². The summed E-state index contributed by atoms with van der Waals surface area (Å²) in [4.78, 5) is 0. The lowest BCUT2D eigenvalue weighted by molar-refractivity contribution is -0.0303. The van der Waals surface area contributed by atoms with Crippen molar-refractivity contribution in [2.24, 2.45) is 0 Å². The summed E-state index contributed by atoms with van der Waals surface area (Å²) in [5, 5.41) is 0. The SMILES string of the molecule is F.FC(F)(F)S. The van der Waals surface area contributed by atoms with E-state index in [1.54, 1.807) is 0 Å². The van der Waals surface area contributed by atoms with Gasteiger partial charge in [-0.05, 0) is 0 Å². The fourth-order valence-corrected chi connectivity index (χ4v) is 0. The summed E-state index contributed by atoms with van der Waals surface area (Å²) in [5.41, 5.74) is -4.31. The maximum Gasteiger partial charge on any atom is 0.438 e. The first-order chi connectivity index (χ1) is 2.00. The van der Waals surface area contributed by atoms with Crippen LogP contribution in [0, 0.1) is 0 Å². The normalized spacial score (nSPS) is 10.0. The molecule has 6 heavy (non-hydrogen) atoms. The molecule has 0 saturated heterocycles. The zero-order valence-electron chi connectivity index (χ0n) is 2.49. The Kier molecular flexibility index (Phi) is 3.58. The number of thiol groups is 1. The molecule has 0 nitrogen and oxygen atoms in total. The van der Waals surface area contributed by atoms with Gasteiger partial charge in [0.2, 0.25) is 0 Å². The predicted octanol–water partition coefficient (Wildman–Crippen LogP) is 1.59. The van der Waals surface area contributed by atoms with Gasteiger partial charge in [-0.3, -0.25) is 4.70 Å². The first kappa shape index (κ1) is 9.42. The minimum absolute atomic E-state index is 0. The van der Waals surface area contributed by atoms with Crippen molar-refractivity contribution in [3.63, 3.8) is 0 Å². The molecule has 0 unspecified atom stereocenters. The van der Waals surface area contributed by atoms with Crippen LogP contribution >= 0.6 is 12.6 Å². The maximum atomic E-state index is 10.2. The standard InChI is InChI=1S/CHF3S.FH/c2-1(3,4)5;/h5H;1H. The van der Waals surface area contributed by atoms with Gasteiger partial charge in [-0.2, -0.15) is 13.2 Å². The van der Waals surface area contributed by atoms with Crippen LogP contribution in [0.2, 0.25) is 0 Å². The van der Waals surface area contributed by atoms with E-state index in [0.717, 1.165) is 0 Å². The Bertz CT molecular complexity index is 23.0. The fourth-order valence-electron chi connectivity index (χ4n) is 0. The van der Waals surface area contributed by atoms with E-state index in [9.17, 15) is 13.2 Å². The molecule has 0 aliphatic heterocycles. The largest absolute Gasteiger partial charge is 0.438 e. The monoisotopic (exact) mass is 122 g/mol. The highest BCUT2D eigenvalue weighted by molar-refractivity contribution is 7.81. The highest BCUT2D eigenvalue weighted by Crippen LogP contribution is 2.17. The molecule has 0 heterocycles. The van der Waals surface area contributed by atoms with Crippen LogP contribution in [0.1, 0.15) is 0 Å². The summed E-state index contributed by atoms with van der Waals surface area (Å²) in [6.07, 6.45) is 0. The Morgan fingerprint density at radius 1 is 1.17 bits per heavy atom.